The second-order valence-corrected chi connectivity index (χ2v) is 8.17. The maximum atomic E-state index is 12.6. The second kappa shape index (κ2) is 7.98. The number of hydrogen-bond donors (Lipinski definition) is 3. The van der Waals surface area contributed by atoms with Crippen molar-refractivity contribution in [1.29, 1.82) is 0 Å². The van der Waals surface area contributed by atoms with Gasteiger partial charge < -0.3 is 15.8 Å². The van der Waals surface area contributed by atoms with Gasteiger partial charge in [0.1, 0.15) is 5.75 Å². The normalized spacial score (nSPS) is 15.0. The number of amides is 1. The lowest BCUT2D eigenvalue weighted by Gasteiger charge is -2.16. The molecule has 2 aromatic carbocycles. The molecule has 4 N–H and O–H groups in total. The first-order valence-electron chi connectivity index (χ1n) is 8.71. The van der Waals surface area contributed by atoms with E-state index < -0.39 is 10.0 Å². The molecule has 27 heavy (non-hydrogen) atoms. The lowest BCUT2D eigenvalue weighted by Crippen LogP contribution is -2.41. The highest BCUT2D eigenvalue weighted by Gasteiger charge is 2.31. The van der Waals surface area contributed by atoms with Gasteiger partial charge in [0.2, 0.25) is 0 Å². The monoisotopic (exact) mass is 389 g/mol. The lowest BCUT2D eigenvalue weighted by molar-refractivity contribution is 0.0933. The minimum atomic E-state index is -3.80. The average Bonchev–Trinajstić information content (AvgIpc) is 3.51. The molecule has 1 aliphatic rings. The van der Waals surface area contributed by atoms with Crippen LogP contribution in [0, 0.1) is 5.92 Å². The zero-order chi connectivity index (χ0) is 19.4. The number of hydrogen-bond acceptors (Lipinski definition) is 5. The first-order chi connectivity index (χ1) is 12.9. The fourth-order valence-corrected chi connectivity index (χ4v) is 3.91. The van der Waals surface area contributed by atoms with Crippen LogP contribution in [-0.2, 0) is 10.0 Å². The van der Waals surface area contributed by atoms with E-state index in [1.807, 2.05) is 0 Å². The molecule has 2 aromatic rings. The highest BCUT2D eigenvalue weighted by molar-refractivity contribution is 7.92. The molecule has 8 heteroatoms. The van der Waals surface area contributed by atoms with Crippen LogP contribution in [0.4, 0.5) is 5.69 Å². The van der Waals surface area contributed by atoms with Crippen molar-refractivity contribution >= 4 is 21.6 Å². The van der Waals surface area contributed by atoms with Gasteiger partial charge in [0.25, 0.3) is 15.9 Å². The average molecular weight is 389 g/mol. The van der Waals surface area contributed by atoms with E-state index in [-0.39, 0.29) is 16.8 Å². The number of methoxy groups -OCH3 is 1. The van der Waals surface area contributed by atoms with Gasteiger partial charge in [-0.3, -0.25) is 9.52 Å². The predicted octanol–water partition coefficient (Wildman–Crippen LogP) is 1.96. The predicted molar refractivity (Wildman–Crippen MR) is 103 cm³/mol. The molecule has 1 fully saturated rings. The van der Waals surface area contributed by atoms with Gasteiger partial charge in [-0.2, -0.15) is 0 Å². The Balaban J connectivity index is 1.72. The Labute approximate surface area is 159 Å². The van der Waals surface area contributed by atoms with Crippen molar-refractivity contribution in [3.05, 3.63) is 54.1 Å². The van der Waals surface area contributed by atoms with Crippen LogP contribution >= 0.6 is 0 Å². The molecule has 1 amide bonds. The van der Waals surface area contributed by atoms with Crippen LogP contribution in [0.25, 0.3) is 0 Å². The number of rotatable bonds is 8. The fourth-order valence-electron chi connectivity index (χ4n) is 2.84. The SMILES string of the molecule is COc1ccccc1NS(=O)(=O)c1ccc(C(=O)NC(CN)C2CC2)cc1. The molecule has 1 atom stereocenters. The topological polar surface area (TPSA) is 111 Å². The summed E-state index contributed by atoms with van der Waals surface area (Å²) in [5.74, 6) is 0.618. The van der Waals surface area contributed by atoms with Gasteiger partial charge in [-0.15, -0.1) is 0 Å². The maximum absolute atomic E-state index is 12.6. The van der Waals surface area contributed by atoms with Crippen LogP contribution in [0.15, 0.2) is 53.4 Å². The van der Waals surface area contributed by atoms with Gasteiger partial charge in [0.05, 0.1) is 17.7 Å². The molecule has 0 aromatic heterocycles. The number of benzene rings is 2. The number of ether oxygens (including phenoxy) is 1. The van der Waals surface area contributed by atoms with Crippen molar-refractivity contribution in [2.45, 2.75) is 23.8 Å². The number of carbonyl (C=O) groups excluding carboxylic acids is 1. The minimum absolute atomic E-state index is 0.0341. The van der Waals surface area contributed by atoms with Crippen LogP contribution in [0.5, 0.6) is 5.75 Å². The van der Waals surface area contributed by atoms with Gasteiger partial charge in [-0.1, -0.05) is 12.1 Å². The number of nitrogens with one attached hydrogen (secondary N) is 2. The largest absolute Gasteiger partial charge is 0.495 e. The summed E-state index contributed by atoms with van der Waals surface area (Å²) in [4.78, 5) is 12.4. The smallest absolute Gasteiger partial charge is 0.262 e. The standard InChI is InChI=1S/C19H23N3O4S/c1-26-18-5-3-2-4-16(18)22-27(24,25)15-10-8-14(9-11-15)19(23)21-17(12-20)13-6-7-13/h2-5,8-11,13,17,22H,6-7,12,20H2,1H3,(H,21,23). The highest BCUT2D eigenvalue weighted by Crippen LogP contribution is 2.32. The first kappa shape index (κ1) is 19.2. The summed E-state index contributed by atoms with van der Waals surface area (Å²) in [6, 6.07) is 12.5. The molecule has 1 unspecified atom stereocenters. The summed E-state index contributed by atoms with van der Waals surface area (Å²) in [6.07, 6.45) is 2.15. The zero-order valence-electron chi connectivity index (χ0n) is 15.0. The molecule has 1 saturated carbocycles. The minimum Gasteiger partial charge on any atom is -0.495 e. The molecule has 3 rings (SSSR count). The zero-order valence-corrected chi connectivity index (χ0v) is 15.8. The van der Waals surface area contributed by atoms with E-state index in [0.29, 0.717) is 29.5 Å². The maximum Gasteiger partial charge on any atom is 0.262 e. The van der Waals surface area contributed by atoms with Crippen LogP contribution in [0.2, 0.25) is 0 Å². The Morgan fingerprint density at radius 3 is 2.44 bits per heavy atom. The Hall–Kier alpha value is -2.58. The van der Waals surface area contributed by atoms with Crippen LogP contribution in [0.1, 0.15) is 23.2 Å². The Kier molecular flexibility index (Phi) is 5.67. The van der Waals surface area contributed by atoms with Crippen molar-refractivity contribution in [2.75, 3.05) is 18.4 Å². The quantitative estimate of drug-likeness (QED) is 0.639. The first-order valence-corrected chi connectivity index (χ1v) is 10.2. The molecule has 0 saturated heterocycles. The number of sulfonamides is 1. The molecule has 0 bridgehead atoms. The third-order valence-electron chi connectivity index (χ3n) is 4.54. The van der Waals surface area contributed by atoms with Gasteiger partial charge >= 0.3 is 0 Å². The molecular weight excluding hydrogens is 366 g/mol. The fraction of sp³-hybridized carbons (Fsp3) is 0.316. The molecule has 144 valence electrons. The van der Waals surface area contributed by atoms with Gasteiger partial charge in [-0.25, -0.2) is 8.42 Å². The third kappa shape index (κ3) is 4.58. The summed E-state index contributed by atoms with van der Waals surface area (Å²) < 4.78 is 32.8. The van der Waals surface area contributed by atoms with Gasteiger partial charge in [0, 0.05) is 18.2 Å². The van der Waals surface area contributed by atoms with Crippen LogP contribution in [-0.4, -0.2) is 34.0 Å². The van der Waals surface area contributed by atoms with Crippen molar-refractivity contribution in [2.24, 2.45) is 11.7 Å². The molecule has 1 aliphatic carbocycles. The van der Waals surface area contributed by atoms with Crippen molar-refractivity contribution < 1.29 is 17.9 Å². The molecule has 0 spiro atoms. The van der Waals surface area contributed by atoms with E-state index in [1.165, 1.54) is 31.4 Å². The van der Waals surface area contributed by atoms with Gasteiger partial charge in [-0.05, 0) is 55.2 Å². The molecule has 0 heterocycles. The number of para-hydroxylation sites is 2. The van der Waals surface area contributed by atoms with E-state index in [1.54, 1.807) is 24.3 Å². The van der Waals surface area contributed by atoms with E-state index in [2.05, 4.69) is 10.0 Å². The summed E-state index contributed by atoms with van der Waals surface area (Å²) in [5.41, 5.74) is 6.44. The Morgan fingerprint density at radius 2 is 1.85 bits per heavy atom. The molecule has 0 radical (unpaired) electrons. The van der Waals surface area contributed by atoms with Crippen molar-refractivity contribution in [1.82, 2.24) is 5.32 Å². The summed E-state index contributed by atoms with van der Waals surface area (Å²) in [5, 5.41) is 2.91. The second-order valence-electron chi connectivity index (χ2n) is 6.48. The Morgan fingerprint density at radius 1 is 1.19 bits per heavy atom. The van der Waals surface area contributed by atoms with Crippen LogP contribution in [0.3, 0.4) is 0 Å². The van der Waals surface area contributed by atoms with E-state index in [0.717, 1.165) is 12.8 Å². The molecule has 7 nitrogen and oxygen atoms in total. The van der Waals surface area contributed by atoms with Gasteiger partial charge in [0.15, 0.2) is 0 Å². The van der Waals surface area contributed by atoms with Crippen molar-refractivity contribution in [3.63, 3.8) is 0 Å². The molecule has 0 aliphatic heterocycles. The highest BCUT2D eigenvalue weighted by atomic mass is 32.2. The number of anilines is 1. The summed E-state index contributed by atoms with van der Waals surface area (Å²) in [7, 11) is -2.33. The Bertz CT molecular complexity index is 909. The number of carbonyl (C=O) groups is 1. The lowest BCUT2D eigenvalue weighted by atomic mass is 10.1. The number of nitrogens with two attached hydrogens (primary N) is 1. The summed E-state index contributed by atoms with van der Waals surface area (Å²) >= 11 is 0. The van der Waals surface area contributed by atoms with E-state index >= 15 is 0 Å². The van der Waals surface area contributed by atoms with E-state index in [4.69, 9.17) is 10.5 Å². The third-order valence-corrected chi connectivity index (χ3v) is 5.92. The van der Waals surface area contributed by atoms with E-state index in [9.17, 15) is 13.2 Å². The summed E-state index contributed by atoms with van der Waals surface area (Å²) in [6.45, 7) is 0.395. The molecular formula is C19H23N3O4S. The van der Waals surface area contributed by atoms with Crippen LogP contribution < -0.4 is 20.5 Å². The van der Waals surface area contributed by atoms with Crippen molar-refractivity contribution in [3.8, 4) is 5.75 Å².